The highest BCUT2D eigenvalue weighted by molar-refractivity contribution is 5.45. The van der Waals surface area contributed by atoms with E-state index in [-0.39, 0.29) is 0 Å². The van der Waals surface area contributed by atoms with Gasteiger partial charge in [0.05, 0.1) is 13.7 Å². The molecule has 3 aliphatic rings. The zero-order valence-corrected chi connectivity index (χ0v) is 19.8. The molecule has 1 aliphatic carbocycles. The van der Waals surface area contributed by atoms with Crippen LogP contribution in [0.4, 0.5) is 0 Å². The molecule has 4 heteroatoms. The third-order valence-electron chi connectivity index (χ3n) is 7.90. The van der Waals surface area contributed by atoms with Crippen molar-refractivity contribution >= 4 is 0 Å². The number of likely N-dealkylation sites (tertiary alicyclic amines) is 1. The summed E-state index contributed by atoms with van der Waals surface area (Å²) in [6, 6.07) is 16.1. The Morgan fingerprint density at radius 1 is 0.938 bits per heavy atom. The quantitative estimate of drug-likeness (QED) is 0.615. The molecule has 172 valence electrons. The zero-order valence-electron chi connectivity index (χ0n) is 19.8. The van der Waals surface area contributed by atoms with Crippen LogP contribution < -0.4 is 9.47 Å². The Balaban J connectivity index is 1.22. The summed E-state index contributed by atoms with van der Waals surface area (Å²) in [6.07, 6.45) is 8.26. The van der Waals surface area contributed by atoms with Crippen LogP contribution >= 0.6 is 0 Å². The number of fused-ring (bicyclic) bond motifs is 1. The van der Waals surface area contributed by atoms with Crippen LogP contribution in [0.1, 0.15) is 61.1 Å². The number of hydrogen-bond acceptors (Lipinski definition) is 4. The van der Waals surface area contributed by atoms with Gasteiger partial charge in [0.2, 0.25) is 0 Å². The van der Waals surface area contributed by atoms with Crippen LogP contribution in [-0.2, 0) is 6.54 Å². The Bertz CT molecular complexity index is 900. The lowest BCUT2D eigenvalue weighted by atomic mass is 9.84. The van der Waals surface area contributed by atoms with E-state index in [0.717, 1.165) is 37.2 Å². The highest BCUT2D eigenvalue weighted by Crippen LogP contribution is 2.36. The molecule has 2 heterocycles. The summed E-state index contributed by atoms with van der Waals surface area (Å²) in [7, 11) is 3.95. The van der Waals surface area contributed by atoms with Crippen LogP contribution in [0.3, 0.4) is 0 Å². The van der Waals surface area contributed by atoms with Gasteiger partial charge in [-0.2, -0.15) is 0 Å². The van der Waals surface area contributed by atoms with Gasteiger partial charge in [0.15, 0.2) is 0 Å². The Hall–Kier alpha value is -2.04. The van der Waals surface area contributed by atoms with Crippen molar-refractivity contribution in [1.29, 1.82) is 0 Å². The first-order valence-corrected chi connectivity index (χ1v) is 12.5. The molecule has 2 aromatic carbocycles. The van der Waals surface area contributed by atoms with Crippen molar-refractivity contribution in [3.05, 3.63) is 59.2 Å². The van der Waals surface area contributed by atoms with Gasteiger partial charge in [0.1, 0.15) is 11.5 Å². The summed E-state index contributed by atoms with van der Waals surface area (Å²) in [5.74, 6) is 3.02. The molecule has 2 aliphatic heterocycles. The molecule has 0 radical (unpaired) electrons. The molecule has 0 N–H and O–H groups in total. The number of hydrogen-bond donors (Lipinski definition) is 0. The minimum atomic E-state index is 0.368. The second-order valence-electron chi connectivity index (χ2n) is 10.1. The van der Waals surface area contributed by atoms with Gasteiger partial charge in [-0.25, -0.2) is 0 Å². The van der Waals surface area contributed by atoms with E-state index in [2.05, 4.69) is 53.2 Å². The fourth-order valence-electron chi connectivity index (χ4n) is 6.03. The van der Waals surface area contributed by atoms with Crippen LogP contribution in [0.2, 0.25) is 0 Å². The van der Waals surface area contributed by atoms with Gasteiger partial charge in [-0.3, -0.25) is 0 Å². The van der Waals surface area contributed by atoms with Crippen molar-refractivity contribution < 1.29 is 9.47 Å². The highest BCUT2D eigenvalue weighted by atomic mass is 16.5. The molecule has 1 saturated heterocycles. The van der Waals surface area contributed by atoms with Crippen molar-refractivity contribution in [2.24, 2.45) is 5.92 Å². The van der Waals surface area contributed by atoms with Crippen LogP contribution in [0.15, 0.2) is 42.5 Å². The maximum absolute atomic E-state index is 6.33. The van der Waals surface area contributed by atoms with E-state index in [1.807, 2.05) is 6.07 Å². The first-order valence-electron chi connectivity index (χ1n) is 12.5. The van der Waals surface area contributed by atoms with Gasteiger partial charge < -0.3 is 19.3 Å². The predicted octanol–water partition coefficient (Wildman–Crippen LogP) is 5.31. The van der Waals surface area contributed by atoms with Crippen LogP contribution in [0.5, 0.6) is 11.5 Å². The second-order valence-corrected chi connectivity index (χ2v) is 10.1. The van der Waals surface area contributed by atoms with Crippen LogP contribution in [0, 0.1) is 5.92 Å². The number of benzene rings is 2. The number of ether oxygens (including phenoxy) is 2. The van der Waals surface area contributed by atoms with Gasteiger partial charge in [-0.05, 0) is 92.7 Å². The highest BCUT2D eigenvalue weighted by Gasteiger charge is 2.28. The Morgan fingerprint density at radius 2 is 1.75 bits per heavy atom. The third kappa shape index (κ3) is 4.82. The minimum Gasteiger partial charge on any atom is -0.497 e. The summed E-state index contributed by atoms with van der Waals surface area (Å²) in [5, 5.41) is 0. The summed E-state index contributed by atoms with van der Waals surface area (Å²) in [5.41, 5.74) is 4.13. The van der Waals surface area contributed by atoms with Crippen molar-refractivity contribution in [1.82, 2.24) is 9.80 Å². The van der Waals surface area contributed by atoms with Crippen molar-refractivity contribution in [2.75, 3.05) is 40.4 Å². The van der Waals surface area contributed by atoms with E-state index in [1.54, 1.807) is 7.11 Å². The fraction of sp³-hybridized carbons (Fsp3) is 0.571. The standard InChI is InChI=1S/C28H38N2O2/c1-29-18-23-17-26(32-20-21-12-14-30(15-13-21)24-7-3-4-8-24)10-11-27(23)28(19-29)22-6-5-9-25(16-22)31-2/h5-6,9-11,16-17,21,24,28H,3-4,7-8,12-15,18-20H2,1-2H3. The van der Waals surface area contributed by atoms with E-state index in [4.69, 9.17) is 9.47 Å². The Labute approximate surface area is 193 Å². The predicted molar refractivity (Wildman–Crippen MR) is 130 cm³/mol. The van der Waals surface area contributed by atoms with Gasteiger partial charge in [0, 0.05) is 25.0 Å². The Morgan fingerprint density at radius 3 is 2.53 bits per heavy atom. The number of likely N-dealkylation sites (N-methyl/N-ethyl adjacent to an activating group) is 1. The van der Waals surface area contributed by atoms with E-state index in [1.165, 1.54) is 68.3 Å². The molecule has 1 atom stereocenters. The van der Waals surface area contributed by atoms with E-state index >= 15 is 0 Å². The van der Waals surface area contributed by atoms with Gasteiger partial charge >= 0.3 is 0 Å². The summed E-state index contributed by atoms with van der Waals surface area (Å²) < 4.78 is 11.8. The molecular weight excluding hydrogens is 396 g/mol. The zero-order chi connectivity index (χ0) is 21.9. The SMILES string of the molecule is COc1cccc(C2CN(C)Cc3cc(OCC4CCN(C5CCCC5)CC4)ccc32)c1. The average Bonchev–Trinajstić information content (AvgIpc) is 3.37. The molecule has 4 nitrogen and oxygen atoms in total. The molecule has 1 unspecified atom stereocenters. The van der Waals surface area contributed by atoms with Crippen molar-refractivity contribution in [3.63, 3.8) is 0 Å². The lowest BCUT2D eigenvalue weighted by Crippen LogP contribution is -2.41. The molecule has 0 aromatic heterocycles. The third-order valence-corrected chi connectivity index (χ3v) is 7.90. The summed E-state index contributed by atoms with van der Waals surface area (Å²) >= 11 is 0. The first kappa shape index (κ1) is 21.8. The first-order chi connectivity index (χ1) is 15.7. The van der Waals surface area contributed by atoms with Gasteiger partial charge in [0.25, 0.3) is 0 Å². The summed E-state index contributed by atoms with van der Waals surface area (Å²) in [6.45, 7) is 5.38. The largest absolute Gasteiger partial charge is 0.497 e. The normalized spacial score (nSPS) is 23.2. The summed E-state index contributed by atoms with van der Waals surface area (Å²) in [4.78, 5) is 5.16. The molecule has 0 bridgehead atoms. The minimum absolute atomic E-state index is 0.368. The van der Waals surface area contributed by atoms with Crippen molar-refractivity contribution in [3.8, 4) is 11.5 Å². The molecule has 5 rings (SSSR count). The lowest BCUT2D eigenvalue weighted by molar-refractivity contribution is 0.108. The topological polar surface area (TPSA) is 24.9 Å². The number of nitrogens with zero attached hydrogens (tertiary/aromatic N) is 2. The molecule has 32 heavy (non-hydrogen) atoms. The molecule has 1 saturated carbocycles. The molecule has 2 aromatic rings. The van der Waals surface area contributed by atoms with E-state index < -0.39 is 0 Å². The fourth-order valence-corrected chi connectivity index (χ4v) is 6.03. The lowest BCUT2D eigenvalue weighted by Gasteiger charge is -2.36. The van der Waals surface area contributed by atoms with Crippen molar-refractivity contribution in [2.45, 2.75) is 57.0 Å². The Kier molecular flexibility index (Phi) is 6.70. The van der Waals surface area contributed by atoms with Crippen LogP contribution in [0.25, 0.3) is 0 Å². The van der Waals surface area contributed by atoms with E-state index in [0.29, 0.717) is 11.8 Å². The maximum Gasteiger partial charge on any atom is 0.119 e. The maximum atomic E-state index is 6.33. The van der Waals surface area contributed by atoms with Gasteiger partial charge in [-0.15, -0.1) is 0 Å². The second kappa shape index (κ2) is 9.84. The molecule has 0 spiro atoms. The molecular formula is C28H38N2O2. The smallest absolute Gasteiger partial charge is 0.119 e. The number of piperidine rings is 1. The average molecular weight is 435 g/mol. The van der Waals surface area contributed by atoms with Gasteiger partial charge in [-0.1, -0.05) is 31.0 Å². The van der Waals surface area contributed by atoms with Crippen LogP contribution in [-0.4, -0.2) is 56.2 Å². The monoisotopic (exact) mass is 434 g/mol. The molecule has 0 amide bonds. The van der Waals surface area contributed by atoms with E-state index in [9.17, 15) is 0 Å². The number of rotatable bonds is 6. The number of methoxy groups -OCH3 is 1. The molecule has 2 fully saturated rings.